The van der Waals surface area contributed by atoms with Gasteiger partial charge in [0, 0.05) is 20.8 Å². The molecule has 5 nitrogen and oxygen atoms in total. The third kappa shape index (κ3) is 3.70. The molecule has 27 heavy (non-hydrogen) atoms. The van der Waals surface area contributed by atoms with Crippen LogP contribution >= 0.6 is 27.3 Å². The van der Waals surface area contributed by atoms with Crippen LogP contribution in [-0.4, -0.2) is 10.7 Å². The van der Waals surface area contributed by atoms with Gasteiger partial charge in [-0.05, 0) is 25.1 Å². The largest absolute Gasteiger partial charge is 0.422 e. The van der Waals surface area contributed by atoms with Crippen LogP contribution in [0.2, 0.25) is 0 Å². The van der Waals surface area contributed by atoms with E-state index in [1.165, 1.54) is 11.3 Å². The van der Waals surface area contributed by atoms with Crippen LogP contribution in [0.4, 0.5) is 5.13 Å². The lowest BCUT2D eigenvalue weighted by molar-refractivity contribution is 0.563. The molecule has 0 saturated heterocycles. The van der Waals surface area contributed by atoms with Crippen LogP contribution in [0.3, 0.4) is 0 Å². The summed E-state index contributed by atoms with van der Waals surface area (Å²) in [6, 6.07) is 17.1. The predicted octanol–water partition coefficient (Wildman–Crippen LogP) is 5.52. The van der Waals surface area contributed by atoms with Crippen molar-refractivity contribution >= 4 is 49.1 Å². The molecule has 4 rings (SSSR count). The predicted molar refractivity (Wildman–Crippen MR) is 114 cm³/mol. The van der Waals surface area contributed by atoms with E-state index in [0.717, 1.165) is 21.1 Å². The van der Waals surface area contributed by atoms with Gasteiger partial charge in [-0.3, -0.25) is 5.43 Å². The standard InChI is InChI=1S/C20H14BrN3O2S/c1-12(14-7-3-4-8-16(14)21)23-24-20-22-17(11-27-20)15-10-13-6-2-5-9-18(13)26-19(15)25/h2-11H,1H3,(H,22,24)/b23-12+. The van der Waals surface area contributed by atoms with Crippen molar-refractivity contribution in [2.75, 3.05) is 5.43 Å². The van der Waals surface area contributed by atoms with Gasteiger partial charge in [0.25, 0.3) is 0 Å². The number of aromatic nitrogens is 1. The first-order valence-electron chi connectivity index (χ1n) is 8.16. The molecule has 2 aromatic carbocycles. The van der Waals surface area contributed by atoms with E-state index in [0.29, 0.717) is 22.0 Å². The maximum absolute atomic E-state index is 12.3. The number of hydrogen-bond acceptors (Lipinski definition) is 6. The Morgan fingerprint density at radius 1 is 1.19 bits per heavy atom. The summed E-state index contributed by atoms with van der Waals surface area (Å²) in [4.78, 5) is 16.7. The molecule has 4 aromatic rings. The summed E-state index contributed by atoms with van der Waals surface area (Å²) < 4.78 is 6.36. The normalized spacial score (nSPS) is 11.7. The van der Waals surface area contributed by atoms with E-state index < -0.39 is 5.63 Å². The maximum Gasteiger partial charge on any atom is 0.345 e. The van der Waals surface area contributed by atoms with Crippen molar-refractivity contribution in [1.82, 2.24) is 4.98 Å². The molecule has 0 bridgehead atoms. The molecule has 0 saturated carbocycles. The first kappa shape index (κ1) is 17.6. The van der Waals surface area contributed by atoms with E-state index in [1.54, 1.807) is 12.1 Å². The first-order valence-corrected chi connectivity index (χ1v) is 9.83. The second-order valence-electron chi connectivity index (χ2n) is 5.81. The van der Waals surface area contributed by atoms with E-state index in [9.17, 15) is 4.79 Å². The first-order chi connectivity index (χ1) is 13.1. The molecule has 134 valence electrons. The van der Waals surface area contributed by atoms with Crippen LogP contribution in [-0.2, 0) is 0 Å². The lowest BCUT2D eigenvalue weighted by Gasteiger charge is -2.03. The number of hydrogen-bond donors (Lipinski definition) is 1. The topological polar surface area (TPSA) is 67.5 Å². The summed E-state index contributed by atoms with van der Waals surface area (Å²) in [6.07, 6.45) is 0. The van der Waals surface area contributed by atoms with Crippen molar-refractivity contribution in [3.8, 4) is 11.3 Å². The SMILES string of the molecule is C/C(=N\Nc1nc(-c2cc3ccccc3oc2=O)cs1)c1ccccc1Br. The number of thiazole rings is 1. The van der Waals surface area contributed by atoms with Crippen molar-refractivity contribution in [3.63, 3.8) is 0 Å². The molecule has 0 aliphatic rings. The molecule has 0 amide bonds. The Balaban J connectivity index is 1.61. The van der Waals surface area contributed by atoms with Gasteiger partial charge in [-0.15, -0.1) is 11.3 Å². The van der Waals surface area contributed by atoms with Crippen LogP contribution in [0.1, 0.15) is 12.5 Å². The molecule has 0 atom stereocenters. The second kappa shape index (κ2) is 7.46. The second-order valence-corrected chi connectivity index (χ2v) is 7.52. The molecule has 0 radical (unpaired) electrons. The molecule has 0 aliphatic heterocycles. The third-order valence-corrected chi connectivity index (χ3v) is 5.44. The smallest absolute Gasteiger partial charge is 0.345 e. The highest BCUT2D eigenvalue weighted by molar-refractivity contribution is 9.10. The van der Waals surface area contributed by atoms with Crippen molar-refractivity contribution in [3.05, 3.63) is 80.4 Å². The fourth-order valence-electron chi connectivity index (χ4n) is 2.64. The third-order valence-electron chi connectivity index (χ3n) is 4.00. The van der Waals surface area contributed by atoms with Crippen LogP contribution in [0.5, 0.6) is 0 Å². The molecule has 7 heteroatoms. The Bertz CT molecular complexity index is 1210. The summed E-state index contributed by atoms with van der Waals surface area (Å²) in [5.74, 6) is 0. The molecule has 2 aromatic heterocycles. The number of nitrogens with one attached hydrogen (secondary N) is 1. The number of nitrogens with zero attached hydrogens (tertiary/aromatic N) is 2. The lowest BCUT2D eigenvalue weighted by atomic mass is 10.1. The Morgan fingerprint density at radius 2 is 1.96 bits per heavy atom. The molecule has 0 unspecified atom stereocenters. The zero-order chi connectivity index (χ0) is 18.8. The number of para-hydroxylation sites is 1. The molecule has 1 N–H and O–H groups in total. The summed E-state index contributed by atoms with van der Waals surface area (Å²) in [6.45, 7) is 1.92. The summed E-state index contributed by atoms with van der Waals surface area (Å²) >= 11 is 4.90. The number of rotatable bonds is 4. The van der Waals surface area contributed by atoms with Crippen molar-refractivity contribution in [2.24, 2.45) is 5.10 Å². The van der Waals surface area contributed by atoms with E-state index in [2.05, 4.69) is 31.4 Å². The highest BCUT2D eigenvalue weighted by Crippen LogP contribution is 2.25. The molecule has 0 aliphatic carbocycles. The molecular formula is C20H14BrN3O2S. The zero-order valence-electron chi connectivity index (χ0n) is 14.3. The molecule has 2 heterocycles. The Labute approximate surface area is 167 Å². The number of fused-ring (bicyclic) bond motifs is 1. The van der Waals surface area contributed by atoms with E-state index in [1.807, 2.05) is 54.8 Å². The van der Waals surface area contributed by atoms with Gasteiger partial charge in [-0.1, -0.05) is 52.3 Å². The highest BCUT2D eigenvalue weighted by atomic mass is 79.9. The molecule has 0 spiro atoms. The van der Waals surface area contributed by atoms with Crippen LogP contribution in [0.15, 0.2) is 78.8 Å². The fraction of sp³-hybridized carbons (Fsp3) is 0.0500. The minimum atomic E-state index is -0.404. The number of hydrazone groups is 1. The highest BCUT2D eigenvalue weighted by Gasteiger charge is 2.11. The Morgan fingerprint density at radius 3 is 2.81 bits per heavy atom. The fourth-order valence-corrected chi connectivity index (χ4v) is 3.86. The van der Waals surface area contributed by atoms with Gasteiger partial charge >= 0.3 is 5.63 Å². The Kier molecular flexibility index (Phi) is 4.87. The Hall–Kier alpha value is -2.77. The van der Waals surface area contributed by atoms with Gasteiger partial charge in [0.05, 0.1) is 17.0 Å². The minimum Gasteiger partial charge on any atom is -0.422 e. The van der Waals surface area contributed by atoms with Crippen molar-refractivity contribution in [2.45, 2.75) is 6.92 Å². The van der Waals surface area contributed by atoms with Crippen LogP contribution < -0.4 is 11.1 Å². The number of anilines is 1. The average molecular weight is 440 g/mol. The van der Waals surface area contributed by atoms with E-state index in [-0.39, 0.29) is 0 Å². The van der Waals surface area contributed by atoms with Gasteiger partial charge in [-0.2, -0.15) is 5.10 Å². The molecular weight excluding hydrogens is 426 g/mol. The van der Waals surface area contributed by atoms with Crippen LogP contribution in [0, 0.1) is 0 Å². The maximum atomic E-state index is 12.3. The van der Waals surface area contributed by atoms with E-state index in [4.69, 9.17) is 4.42 Å². The molecule has 0 fully saturated rings. The van der Waals surface area contributed by atoms with Gasteiger partial charge in [0.2, 0.25) is 5.13 Å². The number of halogens is 1. The van der Waals surface area contributed by atoms with E-state index >= 15 is 0 Å². The summed E-state index contributed by atoms with van der Waals surface area (Å²) in [5, 5.41) is 7.66. The van der Waals surface area contributed by atoms with Crippen molar-refractivity contribution < 1.29 is 4.42 Å². The van der Waals surface area contributed by atoms with Gasteiger partial charge in [0.1, 0.15) is 5.58 Å². The van der Waals surface area contributed by atoms with Gasteiger partial charge in [-0.25, -0.2) is 9.78 Å². The number of benzene rings is 2. The quantitative estimate of drug-likeness (QED) is 0.258. The minimum absolute atomic E-state index is 0.404. The van der Waals surface area contributed by atoms with Crippen LogP contribution in [0.25, 0.3) is 22.2 Å². The van der Waals surface area contributed by atoms with Crippen molar-refractivity contribution in [1.29, 1.82) is 0 Å². The summed E-state index contributed by atoms with van der Waals surface area (Å²) in [5.41, 5.74) is 5.94. The lowest BCUT2D eigenvalue weighted by Crippen LogP contribution is -2.03. The van der Waals surface area contributed by atoms with Gasteiger partial charge < -0.3 is 4.42 Å². The average Bonchev–Trinajstić information content (AvgIpc) is 3.14. The monoisotopic (exact) mass is 439 g/mol. The van der Waals surface area contributed by atoms with Gasteiger partial charge in [0.15, 0.2) is 0 Å². The zero-order valence-corrected chi connectivity index (χ0v) is 16.7. The summed E-state index contributed by atoms with van der Waals surface area (Å²) in [7, 11) is 0.